The summed E-state index contributed by atoms with van der Waals surface area (Å²) >= 11 is 0. The van der Waals surface area contributed by atoms with E-state index < -0.39 is 29.6 Å². The molecule has 0 spiro atoms. The van der Waals surface area contributed by atoms with Crippen LogP contribution in [0.1, 0.15) is 39.5 Å². The van der Waals surface area contributed by atoms with Gasteiger partial charge in [0, 0.05) is 13.1 Å². The summed E-state index contributed by atoms with van der Waals surface area (Å²) in [5.74, 6) is -3.20. The number of unbranched alkanes of at least 4 members (excludes halogenated alkanes) is 2. The Morgan fingerprint density at radius 1 is 1.05 bits per heavy atom. The third-order valence-electron chi connectivity index (χ3n) is 3.27. The van der Waals surface area contributed by atoms with E-state index in [-0.39, 0.29) is 13.1 Å². The maximum atomic E-state index is 12.2. The van der Waals surface area contributed by atoms with Gasteiger partial charge in [-0.1, -0.05) is 26.7 Å². The van der Waals surface area contributed by atoms with Crippen LogP contribution in [0.3, 0.4) is 0 Å². The Bertz CT molecular complexity index is 392. The first-order valence-corrected chi connectivity index (χ1v) is 6.96. The van der Waals surface area contributed by atoms with Gasteiger partial charge in [-0.2, -0.15) is 0 Å². The number of imide groups is 2. The summed E-state index contributed by atoms with van der Waals surface area (Å²) < 4.78 is 0. The van der Waals surface area contributed by atoms with Crippen LogP contribution >= 0.6 is 0 Å². The molecule has 0 unspecified atom stereocenters. The van der Waals surface area contributed by atoms with Gasteiger partial charge in [-0.25, -0.2) is 4.79 Å². The van der Waals surface area contributed by atoms with Gasteiger partial charge < -0.3 is 5.73 Å². The number of nitrogens with one attached hydrogen (secondary N) is 1. The number of amidine groups is 1. The van der Waals surface area contributed by atoms with Crippen LogP contribution in [0.2, 0.25) is 0 Å². The van der Waals surface area contributed by atoms with Crippen molar-refractivity contribution in [1.82, 2.24) is 9.80 Å². The van der Waals surface area contributed by atoms with Crippen LogP contribution < -0.4 is 5.73 Å². The van der Waals surface area contributed by atoms with Crippen molar-refractivity contribution < 1.29 is 14.4 Å². The summed E-state index contributed by atoms with van der Waals surface area (Å²) in [5.41, 5.74) is 5.35. The van der Waals surface area contributed by atoms with Crippen LogP contribution in [0.4, 0.5) is 4.79 Å². The Morgan fingerprint density at radius 2 is 1.45 bits per heavy atom. The monoisotopic (exact) mass is 282 g/mol. The van der Waals surface area contributed by atoms with Crippen molar-refractivity contribution in [2.75, 3.05) is 13.1 Å². The smallest absolute Gasteiger partial charge is 0.333 e. The highest BCUT2D eigenvalue weighted by molar-refractivity contribution is 6.26. The molecule has 20 heavy (non-hydrogen) atoms. The first-order valence-electron chi connectivity index (χ1n) is 6.96. The molecule has 0 saturated carbocycles. The van der Waals surface area contributed by atoms with E-state index in [2.05, 4.69) is 0 Å². The van der Waals surface area contributed by atoms with Crippen molar-refractivity contribution in [2.45, 2.75) is 39.5 Å². The molecule has 0 radical (unpaired) electrons. The zero-order valence-electron chi connectivity index (χ0n) is 12.0. The zero-order chi connectivity index (χ0) is 15.3. The SMILES string of the molecule is CCCCN1C(=O)C(C(=N)N)C(=O)N(CCCC)C1=O. The van der Waals surface area contributed by atoms with Crippen molar-refractivity contribution in [1.29, 1.82) is 5.41 Å². The van der Waals surface area contributed by atoms with Crippen LogP contribution in [0.15, 0.2) is 0 Å². The largest absolute Gasteiger partial charge is 0.387 e. The second kappa shape index (κ2) is 7.02. The minimum atomic E-state index is -1.35. The molecule has 1 aliphatic heterocycles. The summed E-state index contributed by atoms with van der Waals surface area (Å²) in [7, 11) is 0. The molecule has 1 fully saturated rings. The van der Waals surface area contributed by atoms with Crippen LogP contribution in [-0.4, -0.2) is 46.6 Å². The van der Waals surface area contributed by atoms with E-state index in [4.69, 9.17) is 11.1 Å². The van der Waals surface area contributed by atoms with Gasteiger partial charge in [0.2, 0.25) is 0 Å². The molecule has 0 aromatic heterocycles. The van der Waals surface area contributed by atoms with Gasteiger partial charge in [0.25, 0.3) is 11.8 Å². The predicted octanol–water partition coefficient (Wildman–Crippen LogP) is 0.930. The van der Waals surface area contributed by atoms with Crippen molar-refractivity contribution in [3.63, 3.8) is 0 Å². The predicted molar refractivity (Wildman–Crippen MR) is 74.0 cm³/mol. The van der Waals surface area contributed by atoms with E-state index in [1.54, 1.807) is 0 Å². The standard InChI is InChI=1S/C13H22N4O3/c1-3-5-7-16-11(18)9(10(14)15)12(19)17(13(16)20)8-6-4-2/h9H,3-8H2,1-2H3,(H3,14,15). The van der Waals surface area contributed by atoms with Crippen molar-refractivity contribution in [3.05, 3.63) is 0 Å². The molecule has 112 valence electrons. The number of nitrogens with zero attached hydrogens (tertiary/aromatic N) is 2. The Morgan fingerprint density at radius 3 is 1.75 bits per heavy atom. The number of amides is 4. The van der Waals surface area contributed by atoms with E-state index in [0.29, 0.717) is 12.8 Å². The van der Waals surface area contributed by atoms with E-state index in [9.17, 15) is 14.4 Å². The number of hydrogen-bond acceptors (Lipinski definition) is 4. The summed E-state index contributed by atoms with van der Waals surface area (Å²) in [6.45, 7) is 4.41. The maximum Gasteiger partial charge on any atom is 0.333 e. The fourth-order valence-electron chi connectivity index (χ4n) is 2.06. The van der Waals surface area contributed by atoms with Crippen LogP contribution in [-0.2, 0) is 9.59 Å². The molecule has 0 bridgehead atoms. The van der Waals surface area contributed by atoms with Crippen LogP contribution in [0.5, 0.6) is 0 Å². The lowest BCUT2D eigenvalue weighted by Crippen LogP contribution is -2.62. The summed E-state index contributed by atoms with van der Waals surface area (Å²) in [5, 5.41) is 7.42. The van der Waals surface area contributed by atoms with Gasteiger partial charge in [0.15, 0.2) is 5.92 Å². The number of nitrogens with two attached hydrogens (primary N) is 1. The first-order chi connectivity index (χ1) is 9.45. The number of hydrogen-bond donors (Lipinski definition) is 2. The number of rotatable bonds is 7. The highest BCUT2D eigenvalue weighted by Gasteiger charge is 2.46. The second-order valence-electron chi connectivity index (χ2n) is 4.86. The molecule has 0 aromatic carbocycles. The maximum absolute atomic E-state index is 12.2. The molecule has 1 aliphatic rings. The van der Waals surface area contributed by atoms with E-state index in [0.717, 1.165) is 22.6 Å². The lowest BCUT2D eigenvalue weighted by molar-refractivity contribution is -0.146. The van der Waals surface area contributed by atoms with Crippen LogP contribution in [0, 0.1) is 11.3 Å². The fraction of sp³-hybridized carbons (Fsp3) is 0.692. The average molecular weight is 282 g/mol. The van der Waals surface area contributed by atoms with Crippen molar-refractivity contribution in [3.8, 4) is 0 Å². The molecule has 0 aliphatic carbocycles. The molecule has 7 heteroatoms. The number of carbonyl (C=O) groups excluding carboxylic acids is 3. The quantitative estimate of drug-likeness (QED) is 0.411. The zero-order valence-corrected chi connectivity index (χ0v) is 12.0. The normalized spacial score (nSPS) is 17.0. The van der Waals surface area contributed by atoms with Crippen LogP contribution in [0.25, 0.3) is 0 Å². The average Bonchev–Trinajstić information content (AvgIpc) is 2.38. The van der Waals surface area contributed by atoms with E-state index >= 15 is 0 Å². The third-order valence-corrected chi connectivity index (χ3v) is 3.27. The van der Waals surface area contributed by atoms with Gasteiger partial charge in [-0.05, 0) is 12.8 Å². The molecule has 7 nitrogen and oxygen atoms in total. The fourth-order valence-corrected chi connectivity index (χ4v) is 2.06. The van der Waals surface area contributed by atoms with Gasteiger partial charge in [-0.3, -0.25) is 24.8 Å². The molecule has 0 aromatic rings. The Hall–Kier alpha value is -1.92. The molecule has 0 atom stereocenters. The van der Waals surface area contributed by atoms with Crippen molar-refractivity contribution in [2.24, 2.45) is 11.7 Å². The topological polar surface area (TPSA) is 108 Å². The molecule has 4 amide bonds. The minimum Gasteiger partial charge on any atom is -0.387 e. The molecule has 1 heterocycles. The highest BCUT2D eigenvalue weighted by Crippen LogP contribution is 2.19. The van der Waals surface area contributed by atoms with Gasteiger partial charge in [-0.15, -0.1) is 0 Å². The summed E-state index contributed by atoms with van der Waals surface area (Å²) in [6.07, 6.45) is 2.98. The Labute approximate surface area is 118 Å². The molecule has 1 saturated heterocycles. The third kappa shape index (κ3) is 3.15. The number of barbiturate groups is 1. The van der Waals surface area contributed by atoms with E-state index in [1.165, 1.54) is 0 Å². The van der Waals surface area contributed by atoms with Gasteiger partial charge >= 0.3 is 6.03 Å². The molecular formula is C13H22N4O3. The van der Waals surface area contributed by atoms with Crippen molar-refractivity contribution >= 4 is 23.7 Å². The van der Waals surface area contributed by atoms with Gasteiger partial charge in [0.1, 0.15) is 5.84 Å². The second-order valence-corrected chi connectivity index (χ2v) is 4.86. The Kier molecular flexibility index (Phi) is 5.66. The lowest BCUT2D eigenvalue weighted by Gasteiger charge is -2.36. The Balaban J connectivity index is 3.01. The number of urea groups is 1. The summed E-state index contributed by atoms with van der Waals surface area (Å²) in [4.78, 5) is 38.6. The minimum absolute atomic E-state index is 0.258. The lowest BCUT2D eigenvalue weighted by atomic mass is 10.0. The first kappa shape index (κ1) is 16.1. The molecular weight excluding hydrogens is 260 g/mol. The molecule has 1 rings (SSSR count). The highest BCUT2D eigenvalue weighted by atomic mass is 16.2. The number of carbonyl (C=O) groups is 3. The summed E-state index contributed by atoms with van der Waals surface area (Å²) in [6, 6.07) is -0.584. The molecule has 3 N–H and O–H groups in total. The van der Waals surface area contributed by atoms with Gasteiger partial charge in [0.05, 0.1) is 0 Å². The van der Waals surface area contributed by atoms with E-state index in [1.807, 2.05) is 13.8 Å².